The molecule has 2 rings (SSSR count). The van der Waals surface area contributed by atoms with Gasteiger partial charge in [-0.15, -0.1) is 0 Å². The van der Waals surface area contributed by atoms with Crippen LogP contribution in [0.3, 0.4) is 0 Å². The molecule has 25 heavy (non-hydrogen) atoms. The second kappa shape index (κ2) is 7.96. The summed E-state index contributed by atoms with van der Waals surface area (Å²) in [7, 11) is 0. The molecule has 0 fully saturated rings. The minimum atomic E-state index is -1.04. The number of hydrogen-bond donors (Lipinski definition) is 2. The Kier molecular flexibility index (Phi) is 5.96. The fourth-order valence-electron chi connectivity index (χ4n) is 2.73. The highest BCUT2D eigenvalue weighted by atomic mass is 16.4. The summed E-state index contributed by atoms with van der Waals surface area (Å²) in [6, 6.07) is 7.46. The van der Waals surface area contributed by atoms with Crippen molar-refractivity contribution in [2.45, 2.75) is 53.1 Å². The largest absolute Gasteiger partial charge is 0.480 e. The Morgan fingerprint density at radius 3 is 2.44 bits per heavy atom. The van der Waals surface area contributed by atoms with Crippen molar-refractivity contribution in [3.05, 3.63) is 52.3 Å². The summed E-state index contributed by atoms with van der Waals surface area (Å²) < 4.78 is 1.95. The standard InChI is InChI=1S/C19H25N3O3/c1-12-5-7-16(8-6-12)11-22-15(4)17(13(2)21-22)9-10-18(23)20-14(3)19(24)25/h5-8,14H,9-11H2,1-4H3,(H,20,23)(H,24,25)/t14-/m1/s1. The molecule has 0 unspecified atom stereocenters. The maximum absolute atomic E-state index is 11.9. The molecule has 0 radical (unpaired) electrons. The number of hydrogen-bond acceptors (Lipinski definition) is 3. The van der Waals surface area contributed by atoms with Gasteiger partial charge in [0.05, 0.1) is 12.2 Å². The van der Waals surface area contributed by atoms with E-state index in [0.29, 0.717) is 13.0 Å². The van der Waals surface area contributed by atoms with Crippen molar-refractivity contribution in [1.29, 1.82) is 0 Å². The van der Waals surface area contributed by atoms with Crippen molar-refractivity contribution < 1.29 is 14.7 Å². The van der Waals surface area contributed by atoms with E-state index < -0.39 is 12.0 Å². The van der Waals surface area contributed by atoms with E-state index in [4.69, 9.17) is 5.11 Å². The van der Waals surface area contributed by atoms with E-state index >= 15 is 0 Å². The highest BCUT2D eigenvalue weighted by Gasteiger charge is 2.16. The third-order valence-electron chi connectivity index (χ3n) is 4.33. The first-order valence-corrected chi connectivity index (χ1v) is 8.38. The normalized spacial score (nSPS) is 12.0. The number of aryl methyl sites for hydroxylation is 2. The predicted octanol–water partition coefficient (Wildman–Crippen LogP) is 2.38. The summed E-state index contributed by atoms with van der Waals surface area (Å²) in [5.41, 5.74) is 5.39. The summed E-state index contributed by atoms with van der Waals surface area (Å²) in [4.78, 5) is 22.7. The van der Waals surface area contributed by atoms with Gasteiger partial charge >= 0.3 is 5.97 Å². The van der Waals surface area contributed by atoms with Gasteiger partial charge in [0.2, 0.25) is 5.91 Å². The van der Waals surface area contributed by atoms with Gasteiger partial charge in [0.1, 0.15) is 6.04 Å². The molecule has 134 valence electrons. The molecule has 0 aliphatic heterocycles. The lowest BCUT2D eigenvalue weighted by Gasteiger charge is -2.09. The lowest BCUT2D eigenvalue weighted by Crippen LogP contribution is -2.38. The van der Waals surface area contributed by atoms with Crippen LogP contribution in [-0.4, -0.2) is 32.8 Å². The number of carbonyl (C=O) groups is 2. The van der Waals surface area contributed by atoms with Crippen molar-refractivity contribution in [2.75, 3.05) is 0 Å². The highest BCUT2D eigenvalue weighted by molar-refractivity contribution is 5.83. The van der Waals surface area contributed by atoms with Gasteiger partial charge in [-0.25, -0.2) is 0 Å². The molecular formula is C19H25N3O3. The molecule has 6 nitrogen and oxygen atoms in total. The first-order chi connectivity index (χ1) is 11.8. The molecular weight excluding hydrogens is 318 g/mol. The molecule has 2 aromatic rings. The third-order valence-corrected chi connectivity index (χ3v) is 4.33. The van der Waals surface area contributed by atoms with Crippen LogP contribution in [0.25, 0.3) is 0 Å². The molecule has 1 aromatic carbocycles. The Balaban J connectivity index is 2.02. The molecule has 0 bridgehead atoms. The molecule has 1 heterocycles. The van der Waals surface area contributed by atoms with Crippen LogP contribution in [0.15, 0.2) is 24.3 Å². The zero-order valence-corrected chi connectivity index (χ0v) is 15.2. The highest BCUT2D eigenvalue weighted by Crippen LogP contribution is 2.17. The third kappa shape index (κ3) is 4.92. The van der Waals surface area contributed by atoms with E-state index in [1.165, 1.54) is 18.1 Å². The molecule has 1 aromatic heterocycles. The van der Waals surface area contributed by atoms with Gasteiger partial charge in [-0.1, -0.05) is 29.8 Å². The van der Waals surface area contributed by atoms with Crippen LogP contribution in [0.2, 0.25) is 0 Å². The smallest absolute Gasteiger partial charge is 0.325 e. The van der Waals surface area contributed by atoms with Crippen molar-refractivity contribution in [3.63, 3.8) is 0 Å². The Hall–Kier alpha value is -2.63. The van der Waals surface area contributed by atoms with Gasteiger partial charge < -0.3 is 10.4 Å². The number of carboxylic acid groups (broad SMARTS) is 1. The van der Waals surface area contributed by atoms with Gasteiger partial charge in [0, 0.05) is 12.1 Å². The molecule has 0 saturated carbocycles. The Morgan fingerprint density at radius 2 is 1.84 bits per heavy atom. The molecule has 0 aliphatic carbocycles. The fourth-order valence-corrected chi connectivity index (χ4v) is 2.73. The zero-order chi connectivity index (χ0) is 18.6. The lowest BCUT2D eigenvalue weighted by molar-refractivity contribution is -0.141. The molecule has 1 atom stereocenters. The molecule has 6 heteroatoms. The lowest BCUT2D eigenvalue weighted by atomic mass is 10.1. The first-order valence-electron chi connectivity index (χ1n) is 8.38. The van der Waals surface area contributed by atoms with Crippen molar-refractivity contribution >= 4 is 11.9 Å². The number of nitrogens with one attached hydrogen (secondary N) is 1. The molecule has 0 saturated heterocycles. The topological polar surface area (TPSA) is 84.2 Å². The molecule has 0 aliphatic rings. The van der Waals surface area contributed by atoms with Gasteiger partial charge in [-0.3, -0.25) is 14.3 Å². The fraction of sp³-hybridized carbons (Fsp3) is 0.421. The number of rotatable bonds is 7. The SMILES string of the molecule is Cc1ccc(Cn2nc(C)c(CCC(=O)N[C@H](C)C(=O)O)c2C)cc1. The number of aliphatic carboxylic acids is 1. The average molecular weight is 343 g/mol. The van der Waals surface area contributed by atoms with Crippen molar-refractivity contribution in [1.82, 2.24) is 15.1 Å². The molecule has 1 amide bonds. The van der Waals surface area contributed by atoms with Crippen molar-refractivity contribution in [2.24, 2.45) is 0 Å². The van der Waals surface area contributed by atoms with E-state index in [0.717, 1.165) is 17.0 Å². The maximum atomic E-state index is 11.9. The number of amides is 1. The quantitative estimate of drug-likeness (QED) is 0.808. The number of benzene rings is 1. The number of carbonyl (C=O) groups excluding carboxylic acids is 1. The summed E-state index contributed by atoms with van der Waals surface area (Å²) in [5, 5.41) is 15.9. The van der Waals surface area contributed by atoms with E-state index in [1.807, 2.05) is 18.5 Å². The molecule has 0 spiro atoms. The minimum absolute atomic E-state index is 0.246. The predicted molar refractivity (Wildman–Crippen MR) is 95.5 cm³/mol. The van der Waals surface area contributed by atoms with Crippen molar-refractivity contribution in [3.8, 4) is 0 Å². The van der Waals surface area contributed by atoms with Gasteiger partial charge in [0.15, 0.2) is 0 Å². The monoisotopic (exact) mass is 343 g/mol. The van der Waals surface area contributed by atoms with Crippen LogP contribution in [0.5, 0.6) is 0 Å². The van der Waals surface area contributed by atoms with E-state index in [1.54, 1.807) is 0 Å². The summed E-state index contributed by atoms with van der Waals surface area (Å²) in [6.07, 6.45) is 0.791. The van der Waals surface area contributed by atoms with Gasteiger partial charge in [0.25, 0.3) is 0 Å². The van der Waals surface area contributed by atoms with Crippen LogP contribution in [0, 0.1) is 20.8 Å². The van der Waals surface area contributed by atoms with Crippen LogP contribution in [0.4, 0.5) is 0 Å². The number of nitrogens with zero attached hydrogens (tertiary/aromatic N) is 2. The number of carboxylic acids is 1. The van der Waals surface area contributed by atoms with Crippen LogP contribution >= 0.6 is 0 Å². The Labute approximate surface area is 147 Å². The second-order valence-corrected chi connectivity index (χ2v) is 6.42. The van der Waals surface area contributed by atoms with E-state index in [-0.39, 0.29) is 12.3 Å². The summed E-state index contributed by atoms with van der Waals surface area (Å²) in [6.45, 7) is 8.14. The zero-order valence-electron chi connectivity index (χ0n) is 15.2. The van der Waals surface area contributed by atoms with Gasteiger partial charge in [-0.05, 0) is 45.2 Å². The van der Waals surface area contributed by atoms with E-state index in [2.05, 4.69) is 41.6 Å². The second-order valence-electron chi connectivity index (χ2n) is 6.42. The minimum Gasteiger partial charge on any atom is -0.480 e. The van der Waals surface area contributed by atoms with Crippen LogP contribution in [-0.2, 0) is 22.6 Å². The first kappa shape index (κ1) is 18.7. The Morgan fingerprint density at radius 1 is 1.20 bits per heavy atom. The average Bonchev–Trinajstić information content (AvgIpc) is 2.81. The van der Waals surface area contributed by atoms with Gasteiger partial charge in [-0.2, -0.15) is 5.10 Å². The Bertz CT molecular complexity index is 763. The summed E-state index contributed by atoms with van der Waals surface area (Å²) >= 11 is 0. The van der Waals surface area contributed by atoms with E-state index in [9.17, 15) is 9.59 Å². The number of aromatic nitrogens is 2. The van der Waals surface area contributed by atoms with Crippen LogP contribution < -0.4 is 5.32 Å². The maximum Gasteiger partial charge on any atom is 0.325 e. The summed E-state index contributed by atoms with van der Waals surface area (Å²) in [5.74, 6) is -1.30. The molecule has 2 N–H and O–H groups in total. The van der Waals surface area contributed by atoms with Crippen LogP contribution in [0.1, 0.15) is 41.4 Å².